The third kappa shape index (κ3) is 3.15. The fourth-order valence-electron chi connectivity index (χ4n) is 1.29. The molecule has 0 aromatic heterocycles. The van der Waals surface area contributed by atoms with Crippen molar-refractivity contribution in [2.75, 3.05) is 13.7 Å². The van der Waals surface area contributed by atoms with Crippen molar-refractivity contribution < 1.29 is 14.2 Å². The first kappa shape index (κ1) is 12.4. The maximum atomic E-state index is 13.5. The summed E-state index contributed by atoms with van der Waals surface area (Å²) in [7, 11) is 1.47. The fourth-order valence-corrected chi connectivity index (χ4v) is 1.70. The zero-order chi connectivity index (χ0) is 11.4. The van der Waals surface area contributed by atoms with Crippen molar-refractivity contribution in [3.05, 3.63) is 28.0 Å². The molecule has 0 heterocycles. The lowest BCUT2D eigenvalue weighted by Gasteiger charge is -2.13. The summed E-state index contributed by atoms with van der Waals surface area (Å²) in [5.74, 6) is 0.0518. The monoisotopic (exact) mass is 277 g/mol. The van der Waals surface area contributed by atoms with Crippen LogP contribution in [0.3, 0.4) is 0 Å². The van der Waals surface area contributed by atoms with Crippen LogP contribution in [-0.4, -0.2) is 24.9 Å². The molecule has 3 nitrogen and oxygen atoms in total. The number of hydrogen-bond donors (Lipinski definition) is 2. The Morgan fingerprint density at radius 3 is 2.80 bits per heavy atom. The Kier molecular flexibility index (Phi) is 4.50. The Labute approximate surface area is 96.2 Å². The van der Waals surface area contributed by atoms with Gasteiger partial charge in [0.05, 0.1) is 13.7 Å². The second-order valence-corrected chi connectivity index (χ2v) is 4.13. The molecular weight excluding hydrogens is 265 g/mol. The molecule has 1 atom stereocenters. The van der Waals surface area contributed by atoms with Gasteiger partial charge >= 0.3 is 0 Å². The molecule has 0 saturated heterocycles. The van der Waals surface area contributed by atoms with E-state index < -0.39 is 6.04 Å². The Balaban J connectivity index is 3.04. The summed E-state index contributed by atoms with van der Waals surface area (Å²) in [6.45, 7) is -0.182. The van der Waals surface area contributed by atoms with Crippen LogP contribution in [0.15, 0.2) is 16.6 Å². The lowest BCUT2D eigenvalue weighted by atomic mass is 10.1. The summed E-state index contributed by atoms with van der Waals surface area (Å²) < 4.78 is 19.2. The highest BCUT2D eigenvalue weighted by Crippen LogP contribution is 2.27. The van der Waals surface area contributed by atoms with Crippen LogP contribution < -0.4 is 10.5 Å². The number of nitrogens with two attached hydrogens (primary N) is 1. The molecule has 84 valence electrons. The molecule has 0 spiro atoms. The van der Waals surface area contributed by atoms with Crippen LogP contribution in [0.1, 0.15) is 5.56 Å². The SMILES string of the molecule is COc1cc(Br)cc(F)c1CC(N)CO. The Morgan fingerprint density at radius 1 is 1.60 bits per heavy atom. The predicted molar refractivity (Wildman–Crippen MR) is 59.4 cm³/mol. The average molecular weight is 278 g/mol. The van der Waals surface area contributed by atoms with Gasteiger partial charge in [0.2, 0.25) is 0 Å². The minimum Gasteiger partial charge on any atom is -0.496 e. The molecule has 0 saturated carbocycles. The fraction of sp³-hybridized carbons (Fsp3) is 0.400. The molecule has 1 unspecified atom stereocenters. The standard InChI is InChI=1S/C10H13BrFNO2/c1-15-10-3-6(11)2-9(12)8(10)4-7(13)5-14/h2-3,7,14H,4-5,13H2,1H3. The van der Waals surface area contributed by atoms with E-state index in [2.05, 4.69) is 15.9 Å². The van der Waals surface area contributed by atoms with Crippen molar-refractivity contribution in [1.29, 1.82) is 0 Å². The number of halogens is 2. The normalized spacial score (nSPS) is 12.6. The predicted octanol–water partition coefficient (Wildman–Crippen LogP) is 1.46. The summed E-state index contributed by atoms with van der Waals surface area (Å²) in [6.07, 6.45) is 0.249. The van der Waals surface area contributed by atoms with Gasteiger partial charge in [0.15, 0.2) is 0 Å². The van der Waals surface area contributed by atoms with Gasteiger partial charge in [-0.05, 0) is 18.6 Å². The quantitative estimate of drug-likeness (QED) is 0.876. The molecule has 0 aliphatic heterocycles. The van der Waals surface area contributed by atoms with E-state index >= 15 is 0 Å². The van der Waals surface area contributed by atoms with Gasteiger partial charge in [-0.1, -0.05) is 15.9 Å². The van der Waals surface area contributed by atoms with Crippen molar-refractivity contribution in [1.82, 2.24) is 0 Å². The van der Waals surface area contributed by atoms with Crippen molar-refractivity contribution in [2.45, 2.75) is 12.5 Å². The Hall–Kier alpha value is -0.650. The number of hydrogen-bond acceptors (Lipinski definition) is 3. The van der Waals surface area contributed by atoms with Gasteiger partial charge in [-0.3, -0.25) is 0 Å². The summed E-state index contributed by atoms with van der Waals surface area (Å²) >= 11 is 3.17. The molecule has 0 amide bonds. The third-order valence-electron chi connectivity index (χ3n) is 2.04. The number of aliphatic hydroxyl groups excluding tert-OH is 1. The Morgan fingerprint density at radius 2 is 2.27 bits per heavy atom. The van der Waals surface area contributed by atoms with Gasteiger partial charge in [0, 0.05) is 16.1 Å². The lowest BCUT2D eigenvalue weighted by Crippen LogP contribution is -2.27. The van der Waals surface area contributed by atoms with E-state index in [1.165, 1.54) is 13.2 Å². The highest BCUT2D eigenvalue weighted by atomic mass is 79.9. The summed E-state index contributed by atoms with van der Waals surface area (Å²) in [5.41, 5.74) is 5.94. The minimum absolute atomic E-state index is 0.182. The van der Waals surface area contributed by atoms with Crippen LogP contribution >= 0.6 is 15.9 Å². The van der Waals surface area contributed by atoms with Crippen LogP contribution in [0.25, 0.3) is 0 Å². The number of benzene rings is 1. The van der Waals surface area contributed by atoms with Crippen molar-refractivity contribution in [3.63, 3.8) is 0 Å². The summed E-state index contributed by atoms with van der Waals surface area (Å²) in [5, 5.41) is 8.81. The zero-order valence-electron chi connectivity index (χ0n) is 8.34. The summed E-state index contributed by atoms with van der Waals surface area (Å²) in [4.78, 5) is 0. The Bertz CT molecular complexity index is 346. The average Bonchev–Trinajstić information content (AvgIpc) is 2.21. The lowest BCUT2D eigenvalue weighted by molar-refractivity contribution is 0.263. The zero-order valence-corrected chi connectivity index (χ0v) is 9.92. The smallest absolute Gasteiger partial charge is 0.131 e. The van der Waals surface area contributed by atoms with E-state index in [4.69, 9.17) is 15.6 Å². The molecular formula is C10H13BrFNO2. The van der Waals surface area contributed by atoms with Gasteiger partial charge in [0.1, 0.15) is 11.6 Å². The summed E-state index contributed by atoms with van der Waals surface area (Å²) in [6, 6.07) is 2.54. The van der Waals surface area contributed by atoms with E-state index in [9.17, 15) is 4.39 Å². The van der Waals surface area contributed by atoms with E-state index in [1.807, 2.05) is 0 Å². The van der Waals surface area contributed by atoms with Crippen LogP contribution in [0, 0.1) is 5.82 Å². The van der Waals surface area contributed by atoms with E-state index in [0.29, 0.717) is 15.8 Å². The largest absolute Gasteiger partial charge is 0.496 e. The van der Waals surface area contributed by atoms with Crippen LogP contribution in [-0.2, 0) is 6.42 Å². The van der Waals surface area contributed by atoms with Crippen LogP contribution in [0.4, 0.5) is 4.39 Å². The first-order valence-corrected chi connectivity index (χ1v) is 5.26. The number of ether oxygens (including phenoxy) is 1. The first-order chi connectivity index (χ1) is 7.08. The van der Waals surface area contributed by atoms with Crippen LogP contribution in [0.5, 0.6) is 5.75 Å². The number of rotatable bonds is 4. The highest BCUT2D eigenvalue weighted by Gasteiger charge is 2.14. The topological polar surface area (TPSA) is 55.5 Å². The molecule has 0 aliphatic rings. The van der Waals surface area contributed by atoms with E-state index in [1.54, 1.807) is 6.07 Å². The van der Waals surface area contributed by atoms with Gasteiger partial charge in [-0.2, -0.15) is 0 Å². The minimum atomic E-state index is -0.477. The van der Waals surface area contributed by atoms with E-state index in [0.717, 1.165) is 0 Å². The van der Waals surface area contributed by atoms with Gasteiger partial charge in [-0.25, -0.2) is 4.39 Å². The first-order valence-electron chi connectivity index (χ1n) is 4.46. The van der Waals surface area contributed by atoms with Crippen molar-refractivity contribution >= 4 is 15.9 Å². The van der Waals surface area contributed by atoms with E-state index in [-0.39, 0.29) is 18.8 Å². The molecule has 1 aromatic rings. The van der Waals surface area contributed by atoms with Gasteiger partial charge in [0.25, 0.3) is 0 Å². The van der Waals surface area contributed by atoms with Crippen molar-refractivity contribution in [2.24, 2.45) is 5.73 Å². The molecule has 0 aliphatic carbocycles. The molecule has 15 heavy (non-hydrogen) atoms. The molecule has 0 bridgehead atoms. The van der Waals surface area contributed by atoms with Crippen LogP contribution in [0.2, 0.25) is 0 Å². The second kappa shape index (κ2) is 5.44. The van der Waals surface area contributed by atoms with Gasteiger partial charge < -0.3 is 15.6 Å². The maximum Gasteiger partial charge on any atom is 0.131 e. The molecule has 3 N–H and O–H groups in total. The second-order valence-electron chi connectivity index (χ2n) is 3.22. The molecule has 1 aromatic carbocycles. The number of methoxy groups -OCH3 is 1. The maximum absolute atomic E-state index is 13.5. The molecule has 5 heteroatoms. The molecule has 1 rings (SSSR count). The molecule has 0 fully saturated rings. The third-order valence-corrected chi connectivity index (χ3v) is 2.50. The highest BCUT2D eigenvalue weighted by molar-refractivity contribution is 9.10. The molecule has 0 radical (unpaired) electrons. The van der Waals surface area contributed by atoms with Crippen molar-refractivity contribution in [3.8, 4) is 5.75 Å². The number of aliphatic hydroxyl groups is 1. The van der Waals surface area contributed by atoms with Gasteiger partial charge in [-0.15, -0.1) is 0 Å².